The first-order valence-corrected chi connectivity index (χ1v) is 10.1. The van der Waals surface area contributed by atoms with Crippen LogP contribution in [0.15, 0.2) is 63.5 Å². The minimum Gasteiger partial charge on any atom is -1.00 e. The van der Waals surface area contributed by atoms with Gasteiger partial charge in [-0.25, -0.2) is 0 Å². The normalized spacial score (nSPS) is 17.0. The van der Waals surface area contributed by atoms with Crippen molar-refractivity contribution >= 4 is 3.27 Å². The van der Waals surface area contributed by atoms with E-state index in [0.29, 0.717) is 5.92 Å². The molecule has 116 valence electrons. The van der Waals surface area contributed by atoms with E-state index >= 15 is 0 Å². The molecule has 23 heavy (non-hydrogen) atoms. The summed E-state index contributed by atoms with van der Waals surface area (Å²) < 4.78 is 3.43. The maximum absolute atomic E-state index is 2.39. The Labute approximate surface area is 162 Å². The fourth-order valence-corrected chi connectivity index (χ4v) is 7.03. The summed E-state index contributed by atoms with van der Waals surface area (Å²) in [5, 5.41) is 0. The number of allylic oxidation sites excluding steroid dienone is 4. The third kappa shape index (κ3) is 3.29. The van der Waals surface area contributed by atoms with Crippen LogP contribution in [0.3, 0.4) is 0 Å². The number of hydrogen-bond acceptors (Lipinski definition) is 0. The molecule has 2 aliphatic rings. The molecule has 0 N–H and O–H groups in total. The smallest absolute Gasteiger partial charge is 1.00 e. The van der Waals surface area contributed by atoms with Gasteiger partial charge in [-0.3, -0.25) is 0 Å². The fraction of sp³-hybridized carbons (Fsp3) is 0.200. The molecule has 2 aromatic rings. The van der Waals surface area contributed by atoms with Crippen molar-refractivity contribution in [3.05, 3.63) is 74.6 Å². The van der Waals surface area contributed by atoms with Gasteiger partial charge >= 0.3 is 138 Å². The Kier molecular flexibility index (Phi) is 6.12. The van der Waals surface area contributed by atoms with Gasteiger partial charge in [0.05, 0.1) is 0 Å². The van der Waals surface area contributed by atoms with E-state index in [2.05, 4.69) is 68.5 Å². The zero-order chi connectivity index (χ0) is 14.4. The van der Waals surface area contributed by atoms with Crippen LogP contribution in [0.2, 0.25) is 0 Å². The summed E-state index contributed by atoms with van der Waals surface area (Å²) in [5.41, 5.74) is 7.59. The molecule has 2 aromatic carbocycles. The van der Waals surface area contributed by atoms with Crippen LogP contribution >= 0.6 is 0 Å². The summed E-state index contributed by atoms with van der Waals surface area (Å²) in [6, 6.07) is 15.9. The molecule has 1 unspecified atom stereocenters. The van der Waals surface area contributed by atoms with Crippen LogP contribution in [0.5, 0.6) is 0 Å². The van der Waals surface area contributed by atoms with Gasteiger partial charge in [-0.05, 0) is 0 Å². The van der Waals surface area contributed by atoms with Gasteiger partial charge in [0.25, 0.3) is 0 Å². The summed E-state index contributed by atoms with van der Waals surface area (Å²) in [5.74, 6) is 0.663. The predicted octanol–water partition coefficient (Wildman–Crippen LogP) is -1.55. The predicted molar refractivity (Wildman–Crippen MR) is 85.3 cm³/mol. The van der Waals surface area contributed by atoms with E-state index in [1.807, 2.05) is 0 Å². The molecule has 3 heteroatoms. The topological polar surface area (TPSA) is 0 Å². The zero-order valence-electron chi connectivity index (χ0n) is 13.2. The van der Waals surface area contributed by atoms with Crippen molar-refractivity contribution in [2.75, 3.05) is 0 Å². The van der Waals surface area contributed by atoms with Crippen LogP contribution in [0.4, 0.5) is 0 Å². The molecule has 0 fully saturated rings. The Morgan fingerprint density at radius 3 is 2.43 bits per heavy atom. The summed E-state index contributed by atoms with van der Waals surface area (Å²) >= 11 is -0.672. The summed E-state index contributed by atoms with van der Waals surface area (Å²) in [7, 11) is 0. The Hall–Kier alpha value is -0.617. The Morgan fingerprint density at radius 2 is 1.70 bits per heavy atom. The maximum atomic E-state index is 2.39. The average Bonchev–Trinajstić information content (AvgIpc) is 3.03. The molecule has 2 aliphatic carbocycles. The second-order valence-electron chi connectivity index (χ2n) is 6.04. The Bertz CT molecular complexity index is 790. The molecular formula is C20H18Cl2Zr. The SMILES string of the molecule is CC1=[C]([Zr+2][c]2cccc3c2Cc2ccccc2-3)C(C)C=C1.[Cl-].[Cl-]. The van der Waals surface area contributed by atoms with Gasteiger partial charge in [-0.15, -0.1) is 0 Å². The van der Waals surface area contributed by atoms with Crippen molar-refractivity contribution in [2.24, 2.45) is 5.92 Å². The summed E-state index contributed by atoms with van der Waals surface area (Å²) in [6.07, 6.45) is 5.82. The molecule has 0 saturated carbocycles. The molecule has 0 aliphatic heterocycles. The summed E-state index contributed by atoms with van der Waals surface area (Å²) in [6.45, 7) is 4.63. The van der Waals surface area contributed by atoms with Gasteiger partial charge in [0.15, 0.2) is 0 Å². The van der Waals surface area contributed by atoms with Gasteiger partial charge in [-0.2, -0.15) is 0 Å². The first-order chi connectivity index (χ1) is 10.2. The molecule has 0 heterocycles. The van der Waals surface area contributed by atoms with Crippen molar-refractivity contribution in [1.82, 2.24) is 0 Å². The Morgan fingerprint density at radius 1 is 0.957 bits per heavy atom. The van der Waals surface area contributed by atoms with Crippen molar-refractivity contribution in [1.29, 1.82) is 0 Å². The molecule has 0 radical (unpaired) electrons. The second kappa shape index (κ2) is 7.51. The number of fused-ring (bicyclic) bond motifs is 3. The van der Waals surface area contributed by atoms with Gasteiger partial charge in [0, 0.05) is 0 Å². The van der Waals surface area contributed by atoms with E-state index in [-0.39, 0.29) is 24.8 Å². The monoisotopic (exact) mass is 418 g/mol. The molecule has 0 saturated heterocycles. The van der Waals surface area contributed by atoms with Crippen molar-refractivity contribution in [2.45, 2.75) is 20.3 Å². The minimum absolute atomic E-state index is 0. The van der Waals surface area contributed by atoms with Crippen LogP contribution in [0, 0.1) is 5.92 Å². The van der Waals surface area contributed by atoms with Crippen molar-refractivity contribution < 1.29 is 48.0 Å². The van der Waals surface area contributed by atoms with Crippen molar-refractivity contribution in [3.63, 3.8) is 0 Å². The van der Waals surface area contributed by atoms with Crippen LogP contribution < -0.4 is 28.1 Å². The van der Waals surface area contributed by atoms with Gasteiger partial charge in [-0.1, -0.05) is 0 Å². The molecule has 0 aromatic heterocycles. The standard InChI is InChI=1S/C13H9.C7H9.2ClH.Zr/c1-3-7-12-10(5-1)9-11-6-2-4-8-13(11)12;1-6-3-4-7(2)5-6;;;/h1-5,7-8H,9H2;3-4,6H,1-2H3;2*1H;/q;;;;+2/p-2. The third-order valence-electron chi connectivity index (χ3n) is 4.64. The molecule has 0 amide bonds. The molecule has 1 atom stereocenters. The third-order valence-corrected chi connectivity index (χ3v) is 9.20. The quantitative estimate of drug-likeness (QED) is 0.471. The van der Waals surface area contributed by atoms with E-state index in [1.54, 1.807) is 12.1 Å². The van der Waals surface area contributed by atoms with Gasteiger partial charge in [0.1, 0.15) is 0 Å². The first-order valence-electron chi connectivity index (χ1n) is 7.60. The number of hydrogen-bond donors (Lipinski definition) is 0. The fourth-order valence-electron chi connectivity index (χ4n) is 3.47. The van der Waals surface area contributed by atoms with E-state index in [1.165, 1.54) is 22.3 Å². The minimum atomic E-state index is -0.672. The molecule has 4 rings (SSSR count). The van der Waals surface area contributed by atoms with Crippen LogP contribution in [0.25, 0.3) is 11.1 Å². The maximum Gasteiger partial charge on any atom is -1.00 e. The van der Waals surface area contributed by atoms with Crippen LogP contribution in [0.1, 0.15) is 25.0 Å². The number of halogens is 2. The molecule has 0 bridgehead atoms. The molecular weight excluding hydrogens is 402 g/mol. The van der Waals surface area contributed by atoms with Gasteiger partial charge in [0.2, 0.25) is 0 Å². The zero-order valence-corrected chi connectivity index (χ0v) is 17.2. The first kappa shape index (κ1) is 18.7. The van der Waals surface area contributed by atoms with E-state index < -0.39 is 23.2 Å². The van der Waals surface area contributed by atoms with E-state index in [4.69, 9.17) is 0 Å². The molecule has 0 spiro atoms. The second-order valence-corrected chi connectivity index (χ2v) is 9.30. The number of rotatable bonds is 2. The summed E-state index contributed by atoms with van der Waals surface area (Å²) in [4.78, 5) is 0. The van der Waals surface area contributed by atoms with Crippen molar-refractivity contribution in [3.8, 4) is 11.1 Å². The average molecular weight is 420 g/mol. The number of benzene rings is 2. The molecule has 0 nitrogen and oxygen atoms in total. The largest absolute Gasteiger partial charge is 1.00 e. The van der Waals surface area contributed by atoms with E-state index in [0.717, 1.165) is 6.42 Å². The Balaban J connectivity index is 0.000000960. The van der Waals surface area contributed by atoms with Crippen LogP contribution in [-0.4, -0.2) is 0 Å². The van der Waals surface area contributed by atoms with Gasteiger partial charge < -0.3 is 24.8 Å². The van der Waals surface area contributed by atoms with Crippen LogP contribution in [-0.2, 0) is 29.7 Å². The van der Waals surface area contributed by atoms with E-state index in [9.17, 15) is 0 Å².